The lowest BCUT2D eigenvalue weighted by molar-refractivity contribution is -0.117. The van der Waals surface area contributed by atoms with E-state index in [1.54, 1.807) is 24.5 Å². The lowest BCUT2D eigenvalue weighted by atomic mass is 9.98. The number of carbonyl (C=O) groups excluding carboxylic acids is 1. The molecule has 0 aliphatic rings. The second-order valence-electron chi connectivity index (χ2n) is 5.30. The van der Waals surface area contributed by atoms with Crippen molar-refractivity contribution < 1.29 is 14.7 Å². The van der Waals surface area contributed by atoms with Crippen LogP contribution in [0.15, 0.2) is 53.3 Å². The average Bonchev–Trinajstić information content (AvgIpc) is 2.98. The number of nitrogens with zero attached hydrogens (tertiary/aromatic N) is 1. The Bertz CT molecular complexity index is 878. The molecule has 1 unspecified atom stereocenters. The summed E-state index contributed by atoms with van der Waals surface area (Å²) in [5, 5.41) is 15.7. The second kappa shape index (κ2) is 7.62. The van der Waals surface area contributed by atoms with Gasteiger partial charge in [0.25, 0.3) is 0 Å². The van der Waals surface area contributed by atoms with E-state index >= 15 is 0 Å². The van der Waals surface area contributed by atoms with Gasteiger partial charge in [0.05, 0.1) is 15.6 Å². The Labute approximate surface area is 156 Å². The smallest absolute Gasteiger partial charge is 0.404 e. The van der Waals surface area contributed by atoms with Gasteiger partial charge in [0.15, 0.2) is 0 Å². The highest BCUT2D eigenvalue weighted by Crippen LogP contribution is 2.30. The van der Waals surface area contributed by atoms with Crippen LogP contribution >= 0.6 is 27.3 Å². The first-order chi connectivity index (χ1) is 12.0. The highest BCUT2D eigenvalue weighted by molar-refractivity contribution is 9.10. The Balaban J connectivity index is 1.82. The fraction of sp³-hybridized carbons (Fsp3) is 0.118. The van der Waals surface area contributed by atoms with E-state index in [-0.39, 0.29) is 12.5 Å². The van der Waals surface area contributed by atoms with E-state index in [1.807, 2.05) is 24.3 Å². The molecule has 0 aliphatic carbocycles. The summed E-state index contributed by atoms with van der Waals surface area (Å²) in [5.41, 5.74) is 0.734. The molecule has 2 heterocycles. The Morgan fingerprint density at radius 3 is 2.68 bits per heavy atom. The first kappa shape index (κ1) is 17.4. The number of carbonyl (C=O) groups is 2. The zero-order valence-electron chi connectivity index (χ0n) is 12.9. The number of rotatable bonds is 5. The van der Waals surface area contributed by atoms with E-state index in [2.05, 4.69) is 31.5 Å². The largest absolute Gasteiger partial charge is 0.465 e. The van der Waals surface area contributed by atoms with Crippen LogP contribution in [-0.2, 0) is 4.79 Å². The van der Waals surface area contributed by atoms with Crippen molar-refractivity contribution in [1.29, 1.82) is 0 Å². The van der Waals surface area contributed by atoms with E-state index in [4.69, 9.17) is 5.11 Å². The summed E-state index contributed by atoms with van der Waals surface area (Å²) in [6.45, 7) is -0.00471. The number of halogens is 1. The maximum absolute atomic E-state index is 12.7. The molecule has 0 spiro atoms. The van der Waals surface area contributed by atoms with Crippen LogP contribution in [0.2, 0.25) is 0 Å². The van der Waals surface area contributed by atoms with Gasteiger partial charge in [-0.05, 0) is 35.2 Å². The van der Waals surface area contributed by atoms with Gasteiger partial charge in [-0.15, -0.1) is 11.3 Å². The van der Waals surface area contributed by atoms with Crippen molar-refractivity contribution in [2.24, 2.45) is 0 Å². The molecule has 0 bridgehead atoms. The van der Waals surface area contributed by atoms with Crippen molar-refractivity contribution in [2.45, 2.75) is 5.92 Å². The summed E-state index contributed by atoms with van der Waals surface area (Å²) in [4.78, 5) is 27.6. The van der Waals surface area contributed by atoms with Crippen LogP contribution in [0, 0.1) is 0 Å². The van der Waals surface area contributed by atoms with Gasteiger partial charge in [0, 0.05) is 23.4 Å². The van der Waals surface area contributed by atoms with Gasteiger partial charge in [0.1, 0.15) is 0 Å². The molecule has 1 atom stereocenters. The van der Waals surface area contributed by atoms with Crippen LogP contribution in [0.3, 0.4) is 0 Å². The number of amides is 2. The number of benzene rings is 1. The van der Waals surface area contributed by atoms with E-state index in [0.29, 0.717) is 5.00 Å². The highest BCUT2D eigenvalue weighted by atomic mass is 79.9. The molecule has 3 aromatic rings. The average molecular weight is 420 g/mol. The molecule has 6 nitrogen and oxygen atoms in total. The van der Waals surface area contributed by atoms with Gasteiger partial charge >= 0.3 is 6.09 Å². The maximum atomic E-state index is 12.7. The van der Waals surface area contributed by atoms with Crippen molar-refractivity contribution in [1.82, 2.24) is 10.3 Å². The van der Waals surface area contributed by atoms with Gasteiger partial charge in [-0.2, -0.15) is 0 Å². The molecule has 0 radical (unpaired) electrons. The molecule has 3 rings (SSSR count). The van der Waals surface area contributed by atoms with E-state index in [0.717, 1.165) is 20.1 Å². The van der Waals surface area contributed by atoms with Crippen molar-refractivity contribution in [3.63, 3.8) is 0 Å². The van der Waals surface area contributed by atoms with Gasteiger partial charge in [0.2, 0.25) is 5.91 Å². The van der Waals surface area contributed by atoms with Crippen molar-refractivity contribution in [2.75, 3.05) is 11.9 Å². The first-order valence-corrected chi connectivity index (χ1v) is 9.00. The molecule has 2 amide bonds. The molecule has 0 saturated carbocycles. The van der Waals surface area contributed by atoms with Gasteiger partial charge in [-0.3, -0.25) is 9.78 Å². The number of pyridine rings is 1. The zero-order chi connectivity index (χ0) is 17.8. The van der Waals surface area contributed by atoms with Crippen LogP contribution in [-0.4, -0.2) is 28.6 Å². The monoisotopic (exact) mass is 419 g/mol. The summed E-state index contributed by atoms with van der Waals surface area (Å²) < 4.78 is 1.86. The molecule has 0 fully saturated rings. The SMILES string of the molecule is O=C(O)NCC(C(=O)Nc1cc2ccncc2s1)c1ccc(Br)cc1. The summed E-state index contributed by atoms with van der Waals surface area (Å²) in [7, 11) is 0. The first-order valence-electron chi connectivity index (χ1n) is 7.39. The maximum Gasteiger partial charge on any atom is 0.404 e. The minimum absolute atomic E-state index is 0.00471. The molecule has 2 aromatic heterocycles. The molecule has 128 valence electrons. The second-order valence-corrected chi connectivity index (χ2v) is 7.30. The third-order valence-corrected chi connectivity index (χ3v) is 5.15. The number of nitrogens with one attached hydrogen (secondary N) is 2. The summed E-state index contributed by atoms with van der Waals surface area (Å²) >= 11 is 4.78. The van der Waals surface area contributed by atoms with E-state index < -0.39 is 12.0 Å². The third-order valence-electron chi connectivity index (χ3n) is 3.62. The van der Waals surface area contributed by atoms with Crippen LogP contribution < -0.4 is 10.6 Å². The lowest BCUT2D eigenvalue weighted by Gasteiger charge is -2.16. The number of anilines is 1. The topological polar surface area (TPSA) is 91.3 Å². The predicted octanol–water partition coefficient (Wildman–Crippen LogP) is 4.05. The highest BCUT2D eigenvalue weighted by Gasteiger charge is 2.22. The number of hydrogen-bond acceptors (Lipinski definition) is 4. The van der Waals surface area contributed by atoms with Gasteiger partial charge in [-0.1, -0.05) is 28.1 Å². The molecular formula is C17H14BrN3O3S. The molecule has 0 aliphatic heterocycles. The number of aromatic nitrogens is 1. The minimum Gasteiger partial charge on any atom is -0.465 e. The molecule has 1 aromatic carbocycles. The van der Waals surface area contributed by atoms with E-state index in [9.17, 15) is 9.59 Å². The van der Waals surface area contributed by atoms with Crippen molar-refractivity contribution in [3.8, 4) is 0 Å². The molecule has 8 heteroatoms. The molecule has 3 N–H and O–H groups in total. The summed E-state index contributed by atoms with van der Waals surface area (Å²) in [6.07, 6.45) is 2.28. The van der Waals surface area contributed by atoms with Crippen LogP contribution in [0.5, 0.6) is 0 Å². The van der Waals surface area contributed by atoms with Crippen LogP contribution in [0.1, 0.15) is 11.5 Å². The Kier molecular flexibility index (Phi) is 5.30. The zero-order valence-corrected chi connectivity index (χ0v) is 15.3. The number of hydrogen-bond donors (Lipinski definition) is 3. The minimum atomic E-state index is -1.16. The third kappa shape index (κ3) is 4.34. The fourth-order valence-corrected chi connectivity index (χ4v) is 3.60. The van der Waals surface area contributed by atoms with E-state index in [1.165, 1.54) is 11.3 Å². The normalized spacial score (nSPS) is 11.9. The lowest BCUT2D eigenvalue weighted by Crippen LogP contribution is -2.33. The number of thiophene rings is 1. The summed E-state index contributed by atoms with van der Waals surface area (Å²) in [5.74, 6) is -0.900. The molecule has 25 heavy (non-hydrogen) atoms. The molecular weight excluding hydrogens is 406 g/mol. The summed E-state index contributed by atoms with van der Waals surface area (Å²) in [6, 6.07) is 11.0. The molecule has 0 saturated heterocycles. The Morgan fingerprint density at radius 2 is 2.00 bits per heavy atom. The van der Waals surface area contributed by atoms with Crippen molar-refractivity contribution >= 4 is 54.4 Å². The number of carboxylic acid groups (broad SMARTS) is 1. The van der Waals surface area contributed by atoms with Crippen molar-refractivity contribution in [3.05, 3.63) is 58.8 Å². The Hall–Kier alpha value is -2.45. The van der Waals surface area contributed by atoms with Gasteiger partial charge in [-0.25, -0.2) is 4.79 Å². The van der Waals surface area contributed by atoms with Crippen LogP contribution in [0.4, 0.5) is 9.80 Å². The standard InChI is InChI=1S/C17H14BrN3O3S/c18-12-3-1-10(2-4-12)13(8-20-17(23)24)16(22)21-15-7-11-5-6-19-9-14(11)25-15/h1-7,9,13,20H,8H2,(H,21,22)(H,23,24). The quantitative estimate of drug-likeness (QED) is 0.581. The fourth-order valence-electron chi connectivity index (χ4n) is 2.40. The predicted molar refractivity (Wildman–Crippen MR) is 101 cm³/mol. The van der Waals surface area contributed by atoms with Crippen LogP contribution in [0.25, 0.3) is 10.1 Å². The van der Waals surface area contributed by atoms with Gasteiger partial charge < -0.3 is 15.7 Å². The Morgan fingerprint density at radius 1 is 1.24 bits per heavy atom. The number of fused-ring (bicyclic) bond motifs is 1.